The first-order chi connectivity index (χ1) is 11.0. The van der Waals surface area contributed by atoms with Gasteiger partial charge < -0.3 is 5.73 Å². The molecule has 3 aromatic heterocycles. The molecule has 0 bridgehead atoms. The van der Waals surface area contributed by atoms with Crippen molar-refractivity contribution in [3.05, 3.63) is 36.8 Å². The normalized spacial score (nSPS) is 15.1. The molecule has 0 radical (unpaired) electrons. The highest BCUT2D eigenvalue weighted by Crippen LogP contribution is 2.25. The fourth-order valence-electron chi connectivity index (χ4n) is 2.28. The summed E-state index contributed by atoms with van der Waals surface area (Å²) in [5, 5.41) is 4.05. The van der Waals surface area contributed by atoms with E-state index in [0.29, 0.717) is 11.2 Å². The van der Waals surface area contributed by atoms with Crippen LogP contribution in [0, 0.1) is 0 Å². The number of nitrogens with zero attached hydrogens (tertiary/aromatic N) is 4. The first-order valence-electron chi connectivity index (χ1n) is 7.11. The summed E-state index contributed by atoms with van der Waals surface area (Å²) in [6.45, 7) is 0. The lowest BCUT2D eigenvalue weighted by atomic mass is 10.1. The van der Waals surface area contributed by atoms with Gasteiger partial charge in [-0.3, -0.25) is 4.98 Å². The summed E-state index contributed by atoms with van der Waals surface area (Å²) in [6, 6.07) is 5.24. The molecule has 3 N–H and O–H groups in total. The van der Waals surface area contributed by atoms with Gasteiger partial charge in [0.25, 0.3) is 0 Å². The molecule has 4 rings (SSSR count). The molecule has 9 heteroatoms. The summed E-state index contributed by atoms with van der Waals surface area (Å²) in [5.74, 6) is 0.185. The third-order valence-electron chi connectivity index (χ3n) is 3.60. The Morgan fingerprint density at radius 2 is 2.04 bits per heavy atom. The minimum atomic E-state index is -3.53. The number of nitrogen functional groups attached to an aromatic ring is 1. The molecular weight excluding hydrogens is 316 g/mol. The van der Waals surface area contributed by atoms with Crippen LogP contribution in [0.3, 0.4) is 0 Å². The van der Waals surface area contributed by atoms with Crippen molar-refractivity contribution in [2.75, 3.05) is 5.73 Å². The summed E-state index contributed by atoms with van der Waals surface area (Å²) in [5.41, 5.74) is 7.65. The third-order valence-corrected chi connectivity index (χ3v) is 5.09. The molecule has 0 aliphatic heterocycles. The highest BCUT2D eigenvalue weighted by atomic mass is 32.2. The monoisotopic (exact) mass is 330 g/mol. The largest absolute Gasteiger partial charge is 0.366 e. The van der Waals surface area contributed by atoms with E-state index in [1.54, 1.807) is 29.0 Å². The fourth-order valence-corrected chi connectivity index (χ4v) is 3.58. The van der Waals surface area contributed by atoms with Crippen molar-refractivity contribution < 1.29 is 8.42 Å². The molecule has 1 fully saturated rings. The zero-order valence-corrected chi connectivity index (χ0v) is 12.9. The zero-order valence-electron chi connectivity index (χ0n) is 12.0. The fraction of sp³-hybridized carbons (Fsp3) is 0.214. The van der Waals surface area contributed by atoms with Crippen LogP contribution in [0.15, 0.2) is 41.7 Å². The molecule has 3 heterocycles. The molecule has 1 saturated carbocycles. The average molecular weight is 330 g/mol. The van der Waals surface area contributed by atoms with E-state index in [0.717, 1.165) is 18.4 Å². The lowest BCUT2D eigenvalue weighted by Gasteiger charge is -2.07. The second-order valence-electron chi connectivity index (χ2n) is 5.50. The lowest BCUT2D eigenvalue weighted by Crippen LogP contribution is -2.25. The molecule has 23 heavy (non-hydrogen) atoms. The standard InChI is InChI=1S/C14H14N6O2S/c15-14-17-13-4-1-9(8-20(13)18-14)10-5-12(7-16-6-10)23(21,22)19-11-2-3-11/h1,4-8,11,19H,2-3H2,(H2,15,18). The molecule has 0 unspecified atom stereocenters. The van der Waals surface area contributed by atoms with Gasteiger partial charge in [-0.1, -0.05) is 0 Å². The van der Waals surface area contributed by atoms with E-state index in [1.165, 1.54) is 6.20 Å². The Bertz CT molecular complexity index is 993. The first-order valence-corrected chi connectivity index (χ1v) is 8.59. The molecule has 0 aromatic carbocycles. The molecule has 1 aliphatic rings. The van der Waals surface area contributed by atoms with Crippen molar-refractivity contribution in [1.82, 2.24) is 24.3 Å². The Kier molecular flexibility index (Phi) is 3.06. The molecule has 0 spiro atoms. The number of fused-ring (bicyclic) bond motifs is 1. The maximum Gasteiger partial charge on any atom is 0.242 e. The number of nitrogens with two attached hydrogens (primary N) is 1. The van der Waals surface area contributed by atoms with Crippen molar-refractivity contribution in [1.29, 1.82) is 0 Å². The number of anilines is 1. The van der Waals surface area contributed by atoms with E-state index in [1.807, 2.05) is 6.07 Å². The number of nitrogens with one attached hydrogen (secondary N) is 1. The van der Waals surface area contributed by atoms with Gasteiger partial charge in [0, 0.05) is 35.8 Å². The summed E-state index contributed by atoms with van der Waals surface area (Å²) < 4.78 is 28.8. The SMILES string of the molecule is Nc1nc2ccc(-c3cncc(S(=O)(=O)NC4CC4)c3)cn2n1. The van der Waals surface area contributed by atoms with E-state index < -0.39 is 10.0 Å². The van der Waals surface area contributed by atoms with Crippen LogP contribution in [0.25, 0.3) is 16.8 Å². The topological polar surface area (TPSA) is 115 Å². The Balaban J connectivity index is 1.74. The minimum Gasteiger partial charge on any atom is -0.366 e. The van der Waals surface area contributed by atoms with Gasteiger partial charge in [-0.25, -0.2) is 17.7 Å². The lowest BCUT2D eigenvalue weighted by molar-refractivity contribution is 0.580. The zero-order chi connectivity index (χ0) is 16.0. The van der Waals surface area contributed by atoms with Gasteiger partial charge in [0.1, 0.15) is 4.90 Å². The molecule has 0 saturated heterocycles. The molecule has 118 valence electrons. The first kappa shape index (κ1) is 14.1. The summed E-state index contributed by atoms with van der Waals surface area (Å²) in [4.78, 5) is 8.26. The predicted octanol–water partition coefficient (Wildman–Crippen LogP) is 0.814. The van der Waals surface area contributed by atoms with Crippen molar-refractivity contribution in [3.8, 4) is 11.1 Å². The molecule has 8 nitrogen and oxygen atoms in total. The van der Waals surface area contributed by atoms with Gasteiger partial charge >= 0.3 is 0 Å². The highest BCUT2D eigenvalue weighted by Gasteiger charge is 2.28. The van der Waals surface area contributed by atoms with Gasteiger partial charge in [-0.15, -0.1) is 5.10 Å². The third kappa shape index (κ3) is 2.76. The maximum atomic E-state index is 12.3. The van der Waals surface area contributed by atoms with Gasteiger partial charge in [-0.05, 0) is 31.0 Å². The van der Waals surface area contributed by atoms with Crippen LogP contribution >= 0.6 is 0 Å². The molecule has 0 amide bonds. The molecular formula is C14H14N6O2S. The van der Waals surface area contributed by atoms with E-state index in [9.17, 15) is 8.42 Å². The van der Waals surface area contributed by atoms with E-state index >= 15 is 0 Å². The second kappa shape index (κ2) is 5.00. The molecule has 0 atom stereocenters. The summed E-state index contributed by atoms with van der Waals surface area (Å²) >= 11 is 0. The number of aromatic nitrogens is 4. The van der Waals surface area contributed by atoms with Crippen molar-refractivity contribution in [2.24, 2.45) is 0 Å². The Morgan fingerprint density at radius 1 is 1.22 bits per heavy atom. The van der Waals surface area contributed by atoms with Crippen LogP contribution in [0.4, 0.5) is 5.95 Å². The Morgan fingerprint density at radius 3 is 2.83 bits per heavy atom. The Labute approximate surface area is 132 Å². The van der Waals surface area contributed by atoms with Crippen molar-refractivity contribution in [2.45, 2.75) is 23.8 Å². The van der Waals surface area contributed by atoms with E-state index in [4.69, 9.17) is 5.73 Å². The number of rotatable bonds is 4. The molecule has 1 aliphatic carbocycles. The van der Waals surface area contributed by atoms with Crippen LogP contribution in [0.2, 0.25) is 0 Å². The molecule has 3 aromatic rings. The summed E-state index contributed by atoms with van der Waals surface area (Å²) in [7, 11) is -3.53. The predicted molar refractivity (Wildman–Crippen MR) is 84.0 cm³/mol. The summed E-state index contributed by atoms with van der Waals surface area (Å²) in [6.07, 6.45) is 6.46. The highest BCUT2D eigenvalue weighted by molar-refractivity contribution is 7.89. The van der Waals surface area contributed by atoms with Crippen LogP contribution < -0.4 is 10.5 Å². The Hall–Kier alpha value is -2.52. The van der Waals surface area contributed by atoms with Crippen LogP contribution in [-0.2, 0) is 10.0 Å². The second-order valence-corrected chi connectivity index (χ2v) is 7.21. The van der Waals surface area contributed by atoms with Gasteiger partial charge in [0.15, 0.2) is 5.65 Å². The van der Waals surface area contributed by atoms with Gasteiger partial charge in [-0.2, -0.15) is 4.98 Å². The smallest absolute Gasteiger partial charge is 0.242 e. The minimum absolute atomic E-state index is 0.0538. The number of sulfonamides is 1. The van der Waals surface area contributed by atoms with Crippen LogP contribution in [0.1, 0.15) is 12.8 Å². The van der Waals surface area contributed by atoms with Gasteiger partial charge in [0.2, 0.25) is 16.0 Å². The quantitative estimate of drug-likeness (QED) is 0.731. The van der Waals surface area contributed by atoms with E-state index in [-0.39, 0.29) is 16.9 Å². The van der Waals surface area contributed by atoms with E-state index in [2.05, 4.69) is 19.8 Å². The number of hydrogen-bond donors (Lipinski definition) is 2. The number of hydrogen-bond acceptors (Lipinski definition) is 6. The van der Waals surface area contributed by atoms with Crippen molar-refractivity contribution >= 4 is 21.6 Å². The van der Waals surface area contributed by atoms with Gasteiger partial charge in [0.05, 0.1) is 0 Å². The number of pyridine rings is 2. The maximum absolute atomic E-state index is 12.3. The van der Waals surface area contributed by atoms with Crippen LogP contribution in [-0.4, -0.2) is 34.0 Å². The van der Waals surface area contributed by atoms with Crippen LogP contribution in [0.5, 0.6) is 0 Å². The average Bonchev–Trinajstić information content (AvgIpc) is 3.24. The van der Waals surface area contributed by atoms with Crippen molar-refractivity contribution in [3.63, 3.8) is 0 Å².